The minimum absolute atomic E-state index is 0.0834. The molecule has 1 aromatic rings. The Morgan fingerprint density at radius 2 is 1.91 bits per heavy atom. The molecule has 4 atom stereocenters. The van der Waals surface area contributed by atoms with E-state index >= 15 is 0 Å². The molecular weight excluding hydrogens is 286 g/mol. The van der Waals surface area contributed by atoms with Crippen molar-refractivity contribution in [3.05, 3.63) is 35.9 Å². The molecule has 0 aromatic heterocycles. The molecule has 1 aliphatic rings. The van der Waals surface area contributed by atoms with Crippen molar-refractivity contribution in [3.63, 3.8) is 0 Å². The Kier molecular flexibility index (Phi) is 6.64. The molecule has 0 radical (unpaired) electrons. The summed E-state index contributed by atoms with van der Waals surface area (Å²) in [7, 11) is 0. The zero-order chi connectivity index (χ0) is 16.8. The van der Waals surface area contributed by atoms with E-state index in [1.807, 2.05) is 18.2 Å². The lowest BCUT2D eigenvalue weighted by Crippen LogP contribution is -2.38. The van der Waals surface area contributed by atoms with Gasteiger partial charge >= 0.3 is 5.97 Å². The van der Waals surface area contributed by atoms with E-state index in [0.29, 0.717) is 17.8 Å². The summed E-state index contributed by atoms with van der Waals surface area (Å²) in [5, 5.41) is 3.27. The Labute approximate surface area is 140 Å². The zero-order valence-electron chi connectivity index (χ0n) is 14.9. The van der Waals surface area contributed by atoms with Crippen LogP contribution >= 0.6 is 0 Å². The lowest BCUT2D eigenvalue weighted by molar-refractivity contribution is -0.154. The van der Waals surface area contributed by atoms with Crippen LogP contribution in [0.5, 0.6) is 0 Å². The Morgan fingerprint density at radius 1 is 1.22 bits per heavy atom. The first-order chi connectivity index (χ1) is 11.0. The third-order valence-electron chi connectivity index (χ3n) is 5.10. The smallest absolute Gasteiger partial charge is 0.320 e. The van der Waals surface area contributed by atoms with Crippen LogP contribution in [0.4, 0.5) is 0 Å². The van der Waals surface area contributed by atoms with Crippen LogP contribution in [0, 0.1) is 17.8 Å². The average molecular weight is 317 g/mol. The van der Waals surface area contributed by atoms with E-state index in [9.17, 15) is 4.79 Å². The lowest BCUT2D eigenvalue weighted by Gasteiger charge is -2.36. The van der Waals surface area contributed by atoms with Crippen LogP contribution in [0.1, 0.15) is 58.6 Å². The highest BCUT2D eigenvalue weighted by molar-refractivity contribution is 5.72. The van der Waals surface area contributed by atoms with Gasteiger partial charge in [-0.1, -0.05) is 57.5 Å². The third-order valence-corrected chi connectivity index (χ3v) is 5.10. The number of benzene rings is 1. The van der Waals surface area contributed by atoms with Gasteiger partial charge in [-0.05, 0) is 43.1 Å². The van der Waals surface area contributed by atoms with Crippen LogP contribution in [0.15, 0.2) is 30.3 Å². The van der Waals surface area contributed by atoms with Crippen molar-refractivity contribution >= 4 is 5.97 Å². The SMILES string of the molecule is CC1CCC(C(C)C)[C@@H](OC(=O)CNC(C)c2ccccc2)C1. The van der Waals surface area contributed by atoms with Crippen LogP contribution in [0.3, 0.4) is 0 Å². The van der Waals surface area contributed by atoms with Gasteiger partial charge in [0.1, 0.15) is 6.10 Å². The van der Waals surface area contributed by atoms with Gasteiger partial charge in [-0.3, -0.25) is 4.79 Å². The molecule has 0 spiro atoms. The summed E-state index contributed by atoms with van der Waals surface area (Å²) in [6, 6.07) is 10.3. The summed E-state index contributed by atoms with van der Waals surface area (Å²) >= 11 is 0. The number of nitrogens with one attached hydrogen (secondary N) is 1. The maximum Gasteiger partial charge on any atom is 0.320 e. The zero-order valence-corrected chi connectivity index (χ0v) is 14.9. The van der Waals surface area contributed by atoms with E-state index in [-0.39, 0.29) is 24.7 Å². The number of ether oxygens (including phenoxy) is 1. The molecule has 3 unspecified atom stereocenters. The molecule has 3 nitrogen and oxygen atoms in total. The second-order valence-corrected chi connectivity index (χ2v) is 7.37. The van der Waals surface area contributed by atoms with E-state index in [2.05, 4.69) is 45.1 Å². The number of esters is 1. The molecule has 1 fully saturated rings. The lowest BCUT2D eigenvalue weighted by atomic mass is 9.75. The molecule has 2 rings (SSSR count). The van der Waals surface area contributed by atoms with Crippen LogP contribution in [0.25, 0.3) is 0 Å². The summed E-state index contributed by atoms with van der Waals surface area (Å²) in [6.45, 7) is 9.06. The van der Waals surface area contributed by atoms with Crippen molar-refractivity contribution in [2.24, 2.45) is 17.8 Å². The molecule has 0 bridgehead atoms. The largest absolute Gasteiger partial charge is 0.461 e. The quantitative estimate of drug-likeness (QED) is 0.793. The third kappa shape index (κ3) is 5.35. The fourth-order valence-electron chi connectivity index (χ4n) is 3.56. The highest BCUT2D eigenvalue weighted by Crippen LogP contribution is 2.35. The Morgan fingerprint density at radius 3 is 2.57 bits per heavy atom. The van der Waals surface area contributed by atoms with Gasteiger partial charge in [0, 0.05) is 6.04 Å². The van der Waals surface area contributed by atoms with Crippen molar-refractivity contribution in [3.8, 4) is 0 Å². The molecule has 128 valence electrons. The summed E-state index contributed by atoms with van der Waals surface area (Å²) in [4.78, 5) is 12.2. The monoisotopic (exact) mass is 317 g/mol. The molecule has 0 heterocycles. The van der Waals surface area contributed by atoms with E-state index in [1.165, 1.54) is 18.4 Å². The van der Waals surface area contributed by atoms with Crippen molar-refractivity contribution in [1.82, 2.24) is 5.32 Å². The molecule has 0 saturated heterocycles. The summed E-state index contributed by atoms with van der Waals surface area (Å²) in [6.07, 6.45) is 3.51. The first kappa shape index (κ1) is 18.0. The molecule has 0 aliphatic heterocycles. The fraction of sp³-hybridized carbons (Fsp3) is 0.650. The second kappa shape index (κ2) is 8.49. The van der Waals surface area contributed by atoms with Gasteiger partial charge in [0.2, 0.25) is 0 Å². The molecule has 1 saturated carbocycles. The number of hydrogen-bond donors (Lipinski definition) is 1. The van der Waals surface area contributed by atoms with Crippen molar-refractivity contribution < 1.29 is 9.53 Å². The minimum Gasteiger partial charge on any atom is -0.461 e. The average Bonchev–Trinajstić information content (AvgIpc) is 2.53. The highest BCUT2D eigenvalue weighted by atomic mass is 16.5. The first-order valence-corrected chi connectivity index (χ1v) is 8.95. The van der Waals surface area contributed by atoms with Crippen molar-refractivity contribution in [1.29, 1.82) is 0 Å². The maximum absolute atomic E-state index is 12.2. The Balaban J connectivity index is 1.83. The van der Waals surface area contributed by atoms with Gasteiger partial charge < -0.3 is 10.1 Å². The minimum atomic E-state index is -0.127. The van der Waals surface area contributed by atoms with E-state index in [0.717, 1.165) is 6.42 Å². The number of hydrogen-bond acceptors (Lipinski definition) is 3. The molecule has 3 heteroatoms. The van der Waals surface area contributed by atoms with E-state index in [1.54, 1.807) is 0 Å². The molecule has 23 heavy (non-hydrogen) atoms. The van der Waals surface area contributed by atoms with Crippen molar-refractivity contribution in [2.75, 3.05) is 6.54 Å². The first-order valence-electron chi connectivity index (χ1n) is 8.95. The standard InChI is InChI=1S/C20H31NO2/c1-14(2)18-11-10-15(3)12-19(18)23-20(22)13-21-16(4)17-8-6-5-7-9-17/h5-9,14-16,18-19,21H,10-13H2,1-4H3/t15?,16?,18?,19-/m0/s1. The van der Waals surface area contributed by atoms with Gasteiger partial charge in [0.25, 0.3) is 0 Å². The molecule has 0 amide bonds. The number of carbonyl (C=O) groups excluding carboxylic acids is 1. The molecule has 1 N–H and O–H groups in total. The van der Waals surface area contributed by atoms with E-state index in [4.69, 9.17) is 4.74 Å². The summed E-state index contributed by atoms with van der Waals surface area (Å²) < 4.78 is 5.82. The maximum atomic E-state index is 12.2. The van der Waals surface area contributed by atoms with Crippen LogP contribution in [-0.2, 0) is 9.53 Å². The van der Waals surface area contributed by atoms with Gasteiger partial charge in [-0.25, -0.2) is 0 Å². The van der Waals surface area contributed by atoms with Crippen LogP contribution in [-0.4, -0.2) is 18.6 Å². The van der Waals surface area contributed by atoms with Gasteiger partial charge in [-0.15, -0.1) is 0 Å². The van der Waals surface area contributed by atoms with Crippen molar-refractivity contribution in [2.45, 2.75) is 59.1 Å². The summed E-state index contributed by atoms with van der Waals surface area (Å²) in [5.41, 5.74) is 1.19. The normalized spacial score (nSPS) is 26.0. The van der Waals surface area contributed by atoms with Crippen LogP contribution < -0.4 is 5.32 Å². The predicted molar refractivity (Wildman–Crippen MR) is 94.1 cm³/mol. The molecular formula is C20H31NO2. The predicted octanol–water partition coefficient (Wildman–Crippen LogP) is 4.34. The number of rotatable bonds is 6. The molecule has 1 aromatic carbocycles. The molecule has 1 aliphatic carbocycles. The van der Waals surface area contributed by atoms with Gasteiger partial charge in [0.15, 0.2) is 0 Å². The second-order valence-electron chi connectivity index (χ2n) is 7.37. The van der Waals surface area contributed by atoms with E-state index < -0.39 is 0 Å². The summed E-state index contributed by atoms with van der Waals surface area (Å²) in [5.74, 6) is 1.59. The van der Waals surface area contributed by atoms with Gasteiger partial charge in [-0.2, -0.15) is 0 Å². The highest BCUT2D eigenvalue weighted by Gasteiger charge is 2.33. The van der Waals surface area contributed by atoms with Crippen LogP contribution in [0.2, 0.25) is 0 Å². The Hall–Kier alpha value is -1.35. The number of carbonyl (C=O) groups is 1. The Bertz CT molecular complexity index is 486. The topological polar surface area (TPSA) is 38.3 Å². The van der Waals surface area contributed by atoms with Gasteiger partial charge in [0.05, 0.1) is 6.54 Å². The fourth-order valence-corrected chi connectivity index (χ4v) is 3.56.